The van der Waals surface area contributed by atoms with Crippen molar-refractivity contribution in [2.24, 2.45) is 5.92 Å². The van der Waals surface area contributed by atoms with Gasteiger partial charge in [0.2, 0.25) is 0 Å². The van der Waals surface area contributed by atoms with E-state index in [2.05, 4.69) is 55.3 Å². The van der Waals surface area contributed by atoms with Gasteiger partial charge in [0, 0.05) is 24.3 Å². The van der Waals surface area contributed by atoms with Gasteiger partial charge in [0.1, 0.15) is 0 Å². The van der Waals surface area contributed by atoms with Crippen LogP contribution in [0.2, 0.25) is 0 Å². The van der Waals surface area contributed by atoms with Crippen molar-refractivity contribution in [1.82, 2.24) is 10.3 Å². The molecule has 2 nitrogen and oxygen atoms in total. The van der Waals surface area contributed by atoms with E-state index < -0.39 is 0 Å². The van der Waals surface area contributed by atoms with Crippen LogP contribution in [0.1, 0.15) is 45.6 Å². The summed E-state index contributed by atoms with van der Waals surface area (Å²) in [6, 6.07) is 9.35. The number of benzene rings is 1. The number of aromatic nitrogens is 1. The van der Waals surface area contributed by atoms with Crippen molar-refractivity contribution in [1.29, 1.82) is 0 Å². The van der Waals surface area contributed by atoms with Crippen LogP contribution in [0.3, 0.4) is 0 Å². The molecule has 19 heavy (non-hydrogen) atoms. The van der Waals surface area contributed by atoms with Gasteiger partial charge in [-0.2, -0.15) is 0 Å². The number of hydrogen-bond donors (Lipinski definition) is 2. The minimum absolute atomic E-state index is 0.595. The van der Waals surface area contributed by atoms with Gasteiger partial charge in [-0.25, -0.2) is 0 Å². The lowest BCUT2D eigenvalue weighted by Crippen LogP contribution is -2.25. The van der Waals surface area contributed by atoms with Crippen LogP contribution in [0.4, 0.5) is 0 Å². The zero-order valence-electron chi connectivity index (χ0n) is 12.4. The van der Waals surface area contributed by atoms with E-state index in [0.29, 0.717) is 6.04 Å². The summed E-state index contributed by atoms with van der Waals surface area (Å²) < 4.78 is 0. The molecule has 0 radical (unpaired) electrons. The van der Waals surface area contributed by atoms with Crippen LogP contribution < -0.4 is 5.32 Å². The Labute approximate surface area is 116 Å². The second-order valence-electron chi connectivity index (χ2n) is 6.01. The van der Waals surface area contributed by atoms with Gasteiger partial charge in [0.25, 0.3) is 0 Å². The van der Waals surface area contributed by atoms with Crippen molar-refractivity contribution in [3.63, 3.8) is 0 Å². The maximum atomic E-state index is 3.62. The minimum atomic E-state index is 0.595. The monoisotopic (exact) mass is 258 g/mol. The van der Waals surface area contributed by atoms with Crippen molar-refractivity contribution in [3.05, 3.63) is 36.0 Å². The molecular weight excluding hydrogens is 232 g/mol. The molecule has 1 aromatic heterocycles. The van der Waals surface area contributed by atoms with E-state index >= 15 is 0 Å². The maximum absolute atomic E-state index is 3.62. The van der Waals surface area contributed by atoms with E-state index in [0.717, 1.165) is 12.5 Å². The van der Waals surface area contributed by atoms with Crippen molar-refractivity contribution in [3.8, 4) is 0 Å². The lowest BCUT2D eigenvalue weighted by molar-refractivity contribution is 0.457. The third-order valence-electron chi connectivity index (χ3n) is 3.69. The maximum Gasteiger partial charge on any atom is 0.0457 e. The molecule has 0 amide bonds. The molecule has 0 bridgehead atoms. The first kappa shape index (κ1) is 14.1. The quantitative estimate of drug-likeness (QED) is 0.753. The Kier molecular flexibility index (Phi) is 5.03. The number of rotatable bonds is 7. The van der Waals surface area contributed by atoms with Gasteiger partial charge in [-0.15, -0.1) is 0 Å². The molecule has 1 heterocycles. The van der Waals surface area contributed by atoms with E-state index in [1.807, 2.05) is 6.20 Å². The molecule has 1 atom stereocenters. The fourth-order valence-electron chi connectivity index (χ4n) is 2.43. The van der Waals surface area contributed by atoms with E-state index in [4.69, 9.17) is 0 Å². The van der Waals surface area contributed by atoms with Crippen molar-refractivity contribution >= 4 is 10.9 Å². The van der Waals surface area contributed by atoms with Gasteiger partial charge >= 0.3 is 0 Å². The van der Waals surface area contributed by atoms with Gasteiger partial charge in [-0.3, -0.25) is 0 Å². The number of nitrogens with one attached hydrogen (secondary N) is 2. The summed E-state index contributed by atoms with van der Waals surface area (Å²) in [5.74, 6) is 0.822. The Hall–Kier alpha value is -1.28. The zero-order valence-corrected chi connectivity index (χ0v) is 12.4. The summed E-state index contributed by atoms with van der Waals surface area (Å²) in [7, 11) is 0. The van der Waals surface area contributed by atoms with E-state index in [-0.39, 0.29) is 0 Å². The molecule has 0 saturated heterocycles. The van der Waals surface area contributed by atoms with Gasteiger partial charge in [0.15, 0.2) is 0 Å². The summed E-state index contributed by atoms with van der Waals surface area (Å²) >= 11 is 0. The van der Waals surface area contributed by atoms with Gasteiger partial charge in [-0.05, 0) is 42.3 Å². The number of aromatic amines is 1. The Morgan fingerprint density at radius 3 is 2.74 bits per heavy atom. The van der Waals surface area contributed by atoms with Crippen molar-refractivity contribution in [2.45, 2.75) is 52.6 Å². The lowest BCUT2D eigenvalue weighted by atomic mass is 10.0. The first-order valence-corrected chi connectivity index (χ1v) is 7.44. The van der Waals surface area contributed by atoms with E-state index in [1.165, 1.54) is 35.7 Å². The second-order valence-corrected chi connectivity index (χ2v) is 6.01. The highest BCUT2D eigenvalue weighted by Gasteiger charge is 2.03. The molecule has 1 unspecified atom stereocenters. The van der Waals surface area contributed by atoms with Crippen LogP contribution in [-0.4, -0.2) is 11.0 Å². The molecule has 0 spiro atoms. The van der Waals surface area contributed by atoms with Crippen LogP contribution in [0.25, 0.3) is 10.9 Å². The van der Waals surface area contributed by atoms with Crippen LogP contribution >= 0.6 is 0 Å². The average molecular weight is 258 g/mol. The van der Waals surface area contributed by atoms with Crippen LogP contribution in [-0.2, 0) is 6.54 Å². The van der Waals surface area contributed by atoms with Crippen LogP contribution in [0.15, 0.2) is 30.5 Å². The summed E-state index contributed by atoms with van der Waals surface area (Å²) in [5, 5.41) is 4.90. The molecule has 2 rings (SSSR count). The smallest absolute Gasteiger partial charge is 0.0457 e. The van der Waals surface area contributed by atoms with Crippen LogP contribution in [0, 0.1) is 5.92 Å². The molecule has 2 heteroatoms. The highest BCUT2D eigenvalue weighted by atomic mass is 14.9. The minimum Gasteiger partial charge on any atom is -0.361 e. The fourth-order valence-corrected chi connectivity index (χ4v) is 2.43. The SMILES string of the molecule is CC(C)CCCC(C)NCc1ccc2cc[nH]c2c1. The number of H-pyrrole nitrogens is 1. The van der Waals surface area contributed by atoms with Gasteiger partial charge in [-0.1, -0.05) is 38.8 Å². The fraction of sp³-hybridized carbons (Fsp3) is 0.529. The molecular formula is C17H26N2. The highest BCUT2D eigenvalue weighted by Crippen LogP contribution is 2.14. The average Bonchev–Trinajstić information content (AvgIpc) is 2.83. The number of hydrogen-bond acceptors (Lipinski definition) is 1. The summed E-state index contributed by atoms with van der Waals surface area (Å²) in [6.45, 7) is 7.83. The second kappa shape index (κ2) is 6.76. The van der Waals surface area contributed by atoms with E-state index in [9.17, 15) is 0 Å². The lowest BCUT2D eigenvalue weighted by Gasteiger charge is -2.14. The molecule has 2 N–H and O–H groups in total. The molecule has 0 saturated carbocycles. The predicted molar refractivity (Wildman–Crippen MR) is 83.3 cm³/mol. The summed E-state index contributed by atoms with van der Waals surface area (Å²) in [4.78, 5) is 3.27. The number of fused-ring (bicyclic) bond motifs is 1. The Balaban J connectivity index is 1.77. The third kappa shape index (κ3) is 4.39. The van der Waals surface area contributed by atoms with Crippen LogP contribution in [0.5, 0.6) is 0 Å². The summed E-state index contributed by atoms with van der Waals surface area (Å²) in [6.07, 6.45) is 5.92. The van der Waals surface area contributed by atoms with Crippen molar-refractivity contribution in [2.75, 3.05) is 0 Å². The zero-order chi connectivity index (χ0) is 13.7. The standard InChI is InChI=1S/C17H26N2/c1-13(2)5-4-6-14(3)19-12-15-7-8-16-9-10-18-17(16)11-15/h7-11,13-14,18-19H,4-6,12H2,1-3H3. The normalized spacial score (nSPS) is 13.3. The summed E-state index contributed by atoms with van der Waals surface area (Å²) in [5.41, 5.74) is 2.58. The predicted octanol–water partition coefficient (Wildman–Crippen LogP) is 4.47. The van der Waals surface area contributed by atoms with Crippen molar-refractivity contribution < 1.29 is 0 Å². The molecule has 0 fully saturated rings. The molecule has 0 aliphatic carbocycles. The Morgan fingerprint density at radius 2 is 1.95 bits per heavy atom. The Bertz CT molecular complexity index is 499. The third-order valence-corrected chi connectivity index (χ3v) is 3.69. The highest BCUT2D eigenvalue weighted by molar-refractivity contribution is 5.79. The Morgan fingerprint density at radius 1 is 1.11 bits per heavy atom. The molecule has 0 aliphatic heterocycles. The molecule has 104 valence electrons. The first-order valence-electron chi connectivity index (χ1n) is 7.44. The van der Waals surface area contributed by atoms with Gasteiger partial charge in [0.05, 0.1) is 0 Å². The first-order chi connectivity index (χ1) is 9.15. The van der Waals surface area contributed by atoms with E-state index in [1.54, 1.807) is 0 Å². The molecule has 0 aliphatic rings. The van der Waals surface area contributed by atoms with Gasteiger partial charge < -0.3 is 10.3 Å². The largest absolute Gasteiger partial charge is 0.361 e. The molecule has 2 aromatic rings. The molecule has 1 aromatic carbocycles. The topological polar surface area (TPSA) is 27.8 Å².